The Bertz CT molecular complexity index is 323. The molecule has 1 aliphatic rings. The van der Waals surface area contributed by atoms with Gasteiger partial charge in [-0.05, 0) is 43.2 Å². The van der Waals surface area contributed by atoms with Crippen LogP contribution in [-0.4, -0.2) is 5.11 Å². The van der Waals surface area contributed by atoms with E-state index in [1.165, 1.54) is 35.4 Å². The molecule has 1 fully saturated rings. The van der Waals surface area contributed by atoms with Gasteiger partial charge in [0.1, 0.15) is 0 Å². The standard InChI is InChI=1S/C14H22OS/c1-3-12-8-9-13(16-12)14(15)11-6-4-10(2)5-7-11/h8-11,14-15H,3-7H2,1-2H3. The van der Waals surface area contributed by atoms with Gasteiger partial charge in [0.25, 0.3) is 0 Å². The second kappa shape index (κ2) is 5.33. The van der Waals surface area contributed by atoms with Gasteiger partial charge in [-0.15, -0.1) is 11.3 Å². The molecule has 0 saturated heterocycles. The molecule has 0 amide bonds. The molecule has 2 rings (SSSR count). The summed E-state index contributed by atoms with van der Waals surface area (Å²) in [6.07, 6.45) is 5.84. The van der Waals surface area contributed by atoms with Gasteiger partial charge in [0.15, 0.2) is 0 Å². The van der Waals surface area contributed by atoms with E-state index in [-0.39, 0.29) is 6.10 Å². The topological polar surface area (TPSA) is 20.2 Å². The molecule has 1 atom stereocenters. The van der Waals surface area contributed by atoms with Crippen LogP contribution in [0.5, 0.6) is 0 Å². The molecule has 0 radical (unpaired) electrons. The minimum atomic E-state index is -0.210. The molecule has 1 nitrogen and oxygen atoms in total. The van der Waals surface area contributed by atoms with Crippen molar-refractivity contribution in [3.63, 3.8) is 0 Å². The molecule has 0 bridgehead atoms. The third kappa shape index (κ3) is 2.67. The average molecular weight is 238 g/mol. The summed E-state index contributed by atoms with van der Waals surface area (Å²) >= 11 is 1.79. The van der Waals surface area contributed by atoms with Gasteiger partial charge in [-0.25, -0.2) is 0 Å². The summed E-state index contributed by atoms with van der Waals surface area (Å²) in [5, 5.41) is 10.4. The van der Waals surface area contributed by atoms with Crippen molar-refractivity contribution in [2.24, 2.45) is 11.8 Å². The first-order valence-electron chi connectivity index (χ1n) is 6.47. The van der Waals surface area contributed by atoms with Crippen molar-refractivity contribution in [3.8, 4) is 0 Å². The zero-order valence-corrected chi connectivity index (χ0v) is 11.1. The van der Waals surface area contributed by atoms with Crippen LogP contribution < -0.4 is 0 Å². The van der Waals surface area contributed by atoms with Crippen LogP contribution in [0.3, 0.4) is 0 Å². The quantitative estimate of drug-likeness (QED) is 0.838. The van der Waals surface area contributed by atoms with E-state index < -0.39 is 0 Å². The number of aliphatic hydroxyl groups excluding tert-OH is 1. The summed E-state index contributed by atoms with van der Waals surface area (Å²) in [6.45, 7) is 4.49. The van der Waals surface area contributed by atoms with Gasteiger partial charge >= 0.3 is 0 Å². The van der Waals surface area contributed by atoms with Crippen LogP contribution in [0.2, 0.25) is 0 Å². The van der Waals surface area contributed by atoms with Crippen LogP contribution >= 0.6 is 11.3 Å². The molecule has 1 saturated carbocycles. The van der Waals surface area contributed by atoms with E-state index >= 15 is 0 Å². The van der Waals surface area contributed by atoms with Crippen LogP contribution in [0.4, 0.5) is 0 Å². The van der Waals surface area contributed by atoms with Crippen molar-refractivity contribution < 1.29 is 5.11 Å². The van der Waals surface area contributed by atoms with Gasteiger partial charge in [0.05, 0.1) is 6.10 Å². The van der Waals surface area contributed by atoms with Crippen molar-refractivity contribution in [1.82, 2.24) is 0 Å². The summed E-state index contributed by atoms with van der Waals surface area (Å²) in [5.41, 5.74) is 0. The number of rotatable bonds is 3. The number of aliphatic hydroxyl groups is 1. The first-order chi connectivity index (χ1) is 7.70. The minimum absolute atomic E-state index is 0.210. The van der Waals surface area contributed by atoms with E-state index in [0.717, 1.165) is 12.3 Å². The maximum absolute atomic E-state index is 10.4. The monoisotopic (exact) mass is 238 g/mol. The average Bonchev–Trinajstić information content (AvgIpc) is 2.77. The summed E-state index contributed by atoms with van der Waals surface area (Å²) in [6, 6.07) is 4.28. The predicted octanol–water partition coefficient (Wildman–Crippen LogP) is 4.17. The van der Waals surface area contributed by atoms with Crippen molar-refractivity contribution in [3.05, 3.63) is 21.9 Å². The highest BCUT2D eigenvalue weighted by Crippen LogP contribution is 2.38. The molecular weight excluding hydrogens is 216 g/mol. The van der Waals surface area contributed by atoms with E-state index in [1.807, 2.05) is 0 Å². The second-order valence-corrected chi connectivity index (χ2v) is 6.32. The Morgan fingerprint density at radius 3 is 2.56 bits per heavy atom. The lowest BCUT2D eigenvalue weighted by Gasteiger charge is -2.29. The van der Waals surface area contributed by atoms with E-state index in [1.54, 1.807) is 11.3 Å². The Labute approximate surface area is 103 Å². The smallest absolute Gasteiger partial charge is 0.0910 e. The third-order valence-electron chi connectivity index (χ3n) is 3.83. The molecule has 16 heavy (non-hydrogen) atoms. The number of hydrogen-bond acceptors (Lipinski definition) is 2. The molecule has 0 aliphatic heterocycles. The predicted molar refractivity (Wildman–Crippen MR) is 69.8 cm³/mol. The SMILES string of the molecule is CCc1ccc(C(O)C2CCC(C)CC2)s1. The lowest BCUT2D eigenvalue weighted by Crippen LogP contribution is -2.18. The number of aryl methyl sites for hydroxylation is 1. The maximum atomic E-state index is 10.4. The highest BCUT2D eigenvalue weighted by molar-refractivity contribution is 7.12. The van der Waals surface area contributed by atoms with E-state index in [0.29, 0.717) is 5.92 Å². The zero-order chi connectivity index (χ0) is 11.5. The maximum Gasteiger partial charge on any atom is 0.0910 e. The van der Waals surface area contributed by atoms with Gasteiger partial charge < -0.3 is 5.11 Å². The fourth-order valence-electron chi connectivity index (χ4n) is 2.58. The molecule has 0 spiro atoms. The van der Waals surface area contributed by atoms with Gasteiger partial charge in [-0.1, -0.05) is 26.7 Å². The van der Waals surface area contributed by atoms with Gasteiger partial charge in [-0.2, -0.15) is 0 Å². The largest absolute Gasteiger partial charge is 0.387 e. The van der Waals surface area contributed by atoms with Crippen LogP contribution in [0.1, 0.15) is 55.4 Å². The third-order valence-corrected chi connectivity index (χ3v) is 5.13. The molecule has 1 aliphatic carbocycles. The summed E-state index contributed by atoms with van der Waals surface area (Å²) < 4.78 is 0. The fraction of sp³-hybridized carbons (Fsp3) is 0.714. The molecule has 1 N–H and O–H groups in total. The summed E-state index contributed by atoms with van der Waals surface area (Å²) in [5.74, 6) is 1.36. The molecule has 90 valence electrons. The van der Waals surface area contributed by atoms with E-state index in [9.17, 15) is 5.11 Å². The van der Waals surface area contributed by atoms with E-state index in [4.69, 9.17) is 0 Å². The molecule has 0 aromatic carbocycles. The van der Waals surface area contributed by atoms with Crippen LogP contribution in [0.25, 0.3) is 0 Å². The van der Waals surface area contributed by atoms with E-state index in [2.05, 4.69) is 26.0 Å². The second-order valence-electron chi connectivity index (χ2n) is 5.12. The van der Waals surface area contributed by atoms with Gasteiger partial charge in [0.2, 0.25) is 0 Å². The van der Waals surface area contributed by atoms with Crippen LogP contribution in [0.15, 0.2) is 12.1 Å². The highest BCUT2D eigenvalue weighted by Gasteiger charge is 2.26. The summed E-state index contributed by atoms with van der Waals surface area (Å²) in [7, 11) is 0. The molecule has 1 unspecified atom stereocenters. The molecule has 1 heterocycles. The fourth-order valence-corrected chi connectivity index (χ4v) is 3.61. The first kappa shape index (κ1) is 12.1. The van der Waals surface area contributed by atoms with Crippen molar-refractivity contribution in [1.29, 1.82) is 0 Å². The molecule has 1 aromatic rings. The zero-order valence-electron chi connectivity index (χ0n) is 10.3. The van der Waals surface area contributed by atoms with Crippen molar-refractivity contribution in [2.45, 2.75) is 52.1 Å². The Morgan fingerprint density at radius 1 is 1.31 bits per heavy atom. The minimum Gasteiger partial charge on any atom is -0.387 e. The molecule has 2 heteroatoms. The van der Waals surface area contributed by atoms with Gasteiger partial charge in [0, 0.05) is 9.75 Å². The molecular formula is C14H22OS. The Kier molecular flexibility index (Phi) is 4.04. The lowest BCUT2D eigenvalue weighted by atomic mass is 9.80. The number of hydrogen-bond donors (Lipinski definition) is 1. The normalized spacial score (nSPS) is 27.9. The molecule has 1 aromatic heterocycles. The van der Waals surface area contributed by atoms with Gasteiger partial charge in [-0.3, -0.25) is 0 Å². The Morgan fingerprint density at radius 2 is 2.00 bits per heavy atom. The van der Waals surface area contributed by atoms with Crippen molar-refractivity contribution >= 4 is 11.3 Å². The van der Waals surface area contributed by atoms with Crippen LogP contribution in [-0.2, 0) is 6.42 Å². The highest BCUT2D eigenvalue weighted by atomic mass is 32.1. The lowest BCUT2D eigenvalue weighted by molar-refractivity contribution is 0.0784. The van der Waals surface area contributed by atoms with Crippen LogP contribution in [0, 0.1) is 11.8 Å². The summed E-state index contributed by atoms with van der Waals surface area (Å²) in [4.78, 5) is 2.56. The Balaban J connectivity index is 1.98. The Hall–Kier alpha value is -0.340. The number of thiophene rings is 1. The first-order valence-corrected chi connectivity index (χ1v) is 7.29. The van der Waals surface area contributed by atoms with Crippen molar-refractivity contribution in [2.75, 3.05) is 0 Å².